The van der Waals surface area contributed by atoms with Crippen LogP contribution in [0.2, 0.25) is 0 Å². The van der Waals surface area contributed by atoms with Gasteiger partial charge < -0.3 is 24.8 Å². The lowest BCUT2D eigenvalue weighted by atomic mass is 9.97. The molecule has 0 bridgehead atoms. The largest absolute Gasteiger partial charge is 0.444 e. The quantitative estimate of drug-likeness (QED) is 0.515. The number of hydrogen-bond acceptors (Lipinski definition) is 6. The summed E-state index contributed by atoms with van der Waals surface area (Å²) in [6.07, 6.45) is -3.39. The van der Waals surface area contributed by atoms with Crippen molar-refractivity contribution in [1.29, 1.82) is 0 Å². The monoisotopic (exact) mass is 563 g/mol. The van der Waals surface area contributed by atoms with Crippen molar-refractivity contribution in [3.63, 3.8) is 0 Å². The van der Waals surface area contributed by atoms with Crippen LogP contribution in [0, 0.1) is 0 Å². The molecule has 1 aliphatic heterocycles. The number of carbonyl (C=O) groups excluding carboxylic acids is 3. The molecule has 12 heteroatoms. The highest BCUT2D eigenvalue weighted by atomic mass is 19.4. The van der Waals surface area contributed by atoms with Crippen molar-refractivity contribution < 1.29 is 32.3 Å². The molecule has 0 atom stereocenters. The fraction of sp³-hybridized carbons (Fsp3) is 0.500. The van der Waals surface area contributed by atoms with Crippen LogP contribution in [-0.2, 0) is 40.0 Å². The molecule has 0 saturated carbocycles. The predicted octanol–water partition coefficient (Wildman–Crippen LogP) is 4.31. The number of ether oxygens (including phenoxy) is 1. The van der Waals surface area contributed by atoms with E-state index in [1.165, 1.54) is 36.0 Å². The number of rotatable bonds is 8. The third kappa shape index (κ3) is 8.33. The van der Waals surface area contributed by atoms with Crippen LogP contribution in [0.5, 0.6) is 0 Å². The van der Waals surface area contributed by atoms with Crippen molar-refractivity contribution in [2.45, 2.75) is 59.0 Å². The molecule has 2 heterocycles. The molecule has 1 N–H and O–H groups in total. The molecule has 0 spiro atoms. The Kier molecular flexibility index (Phi) is 9.65. The highest BCUT2D eigenvalue weighted by Gasteiger charge is 2.34. The summed E-state index contributed by atoms with van der Waals surface area (Å²) in [6.45, 7) is 7.14. The molecule has 0 aliphatic carbocycles. The van der Waals surface area contributed by atoms with Crippen LogP contribution >= 0.6 is 0 Å². The number of aromatic nitrogens is 1. The van der Waals surface area contributed by atoms with Crippen LogP contribution in [0.25, 0.3) is 0 Å². The fourth-order valence-corrected chi connectivity index (χ4v) is 4.32. The Hall–Kier alpha value is -3.83. The van der Waals surface area contributed by atoms with E-state index in [4.69, 9.17) is 4.74 Å². The Morgan fingerprint density at radius 1 is 1.10 bits per heavy atom. The van der Waals surface area contributed by atoms with Crippen molar-refractivity contribution >= 4 is 23.6 Å². The molecule has 3 amide bonds. The summed E-state index contributed by atoms with van der Waals surface area (Å²) in [5.74, 6) is -0.478. The van der Waals surface area contributed by atoms with Crippen LogP contribution in [0.15, 0.2) is 36.5 Å². The molecule has 1 aromatic heterocycles. The maximum absolute atomic E-state index is 13.6. The van der Waals surface area contributed by atoms with Gasteiger partial charge in [0.2, 0.25) is 11.8 Å². The van der Waals surface area contributed by atoms with E-state index in [1.807, 2.05) is 18.2 Å². The minimum absolute atomic E-state index is 0.0149. The maximum atomic E-state index is 13.6. The van der Waals surface area contributed by atoms with E-state index in [-0.39, 0.29) is 31.2 Å². The third-order valence-electron chi connectivity index (χ3n) is 6.44. The fourth-order valence-electron chi connectivity index (χ4n) is 4.32. The SMILES string of the molecule is CC(=O)N1CCc2c(cccc2NCC(=O)N(CCN(C)C(=O)OC(C)(C)C)Cc2ncccc2C(F)(F)F)C1. The van der Waals surface area contributed by atoms with Crippen LogP contribution < -0.4 is 5.32 Å². The second-order valence-electron chi connectivity index (χ2n) is 10.7. The highest BCUT2D eigenvalue weighted by molar-refractivity contribution is 5.81. The van der Waals surface area contributed by atoms with Crippen LogP contribution in [0.1, 0.15) is 50.1 Å². The van der Waals surface area contributed by atoms with E-state index < -0.39 is 35.9 Å². The number of halogens is 3. The van der Waals surface area contributed by atoms with Gasteiger partial charge in [-0.2, -0.15) is 13.2 Å². The minimum atomic E-state index is -4.64. The number of amides is 3. The number of anilines is 1. The van der Waals surface area contributed by atoms with E-state index in [0.29, 0.717) is 19.5 Å². The zero-order chi connectivity index (χ0) is 29.7. The number of alkyl halides is 3. The molecule has 0 unspecified atom stereocenters. The number of likely N-dealkylation sites (N-methyl/N-ethyl adjacent to an activating group) is 1. The molecular weight excluding hydrogens is 527 g/mol. The van der Waals surface area contributed by atoms with E-state index in [0.717, 1.165) is 22.9 Å². The molecule has 9 nitrogen and oxygen atoms in total. The molecule has 0 radical (unpaired) electrons. The summed E-state index contributed by atoms with van der Waals surface area (Å²) in [5, 5.41) is 3.13. The Labute approximate surface area is 232 Å². The predicted molar refractivity (Wildman–Crippen MR) is 143 cm³/mol. The lowest BCUT2D eigenvalue weighted by Crippen LogP contribution is -2.43. The van der Waals surface area contributed by atoms with E-state index in [1.54, 1.807) is 25.7 Å². The van der Waals surface area contributed by atoms with Gasteiger partial charge in [-0.05, 0) is 56.5 Å². The first-order chi connectivity index (χ1) is 18.7. The summed E-state index contributed by atoms with van der Waals surface area (Å²) in [7, 11) is 1.50. The number of fused-ring (bicyclic) bond motifs is 1. The number of carbonyl (C=O) groups is 3. The first-order valence-corrected chi connectivity index (χ1v) is 13.0. The van der Waals surface area contributed by atoms with E-state index >= 15 is 0 Å². The molecule has 2 aromatic rings. The van der Waals surface area contributed by atoms with Crippen molar-refractivity contribution in [3.8, 4) is 0 Å². The van der Waals surface area contributed by atoms with Crippen LogP contribution in [0.4, 0.5) is 23.7 Å². The van der Waals surface area contributed by atoms with Crippen molar-refractivity contribution in [2.75, 3.05) is 38.5 Å². The van der Waals surface area contributed by atoms with Gasteiger partial charge in [0, 0.05) is 52.0 Å². The van der Waals surface area contributed by atoms with Crippen LogP contribution in [-0.4, -0.2) is 76.4 Å². The highest BCUT2D eigenvalue weighted by Crippen LogP contribution is 2.31. The van der Waals surface area contributed by atoms with Crippen molar-refractivity contribution in [3.05, 3.63) is 58.9 Å². The topological polar surface area (TPSA) is 95.1 Å². The normalized spacial score (nSPS) is 13.3. The van der Waals surface area contributed by atoms with Crippen molar-refractivity contribution in [2.24, 2.45) is 0 Å². The summed E-state index contributed by atoms with van der Waals surface area (Å²) >= 11 is 0. The Morgan fingerprint density at radius 3 is 2.48 bits per heavy atom. The second kappa shape index (κ2) is 12.6. The van der Waals surface area contributed by atoms with Gasteiger partial charge in [-0.3, -0.25) is 14.6 Å². The molecule has 1 aromatic carbocycles. The number of nitrogens with zero attached hydrogens (tertiary/aromatic N) is 4. The van der Waals surface area contributed by atoms with Gasteiger partial charge in [0.05, 0.1) is 24.3 Å². The first kappa shape index (κ1) is 30.7. The molecule has 1 aliphatic rings. The summed E-state index contributed by atoms with van der Waals surface area (Å²) in [4.78, 5) is 45.7. The Morgan fingerprint density at radius 2 is 1.82 bits per heavy atom. The molecule has 0 fully saturated rings. The number of nitrogens with one attached hydrogen (secondary N) is 1. The second-order valence-corrected chi connectivity index (χ2v) is 10.7. The van der Waals surface area contributed by atoms with Gasteiger partial charge >= 0.3 is 12.3 Å². The van der Waals surface area contributed by atoms with Gasteiger partial charge in [0.25, 0.3) is 0 Å². The summed E-state index contributed by atoms with van der Waals surface area (Å²) < 4.78 is 46.2. The zero-order valence-electron chi connectivity index (χ0n) is 23.5. The van der Waals surface area contributed by atoms with Crippen molar-refractivity contribution in [1.82, 2.24) is 19.7 Å². The van der Waals surface area contributed by atoms with Gasteiger partial charge in [-0.15, -0.1) is 0 Å². The van der Waals surface area contributed by atoms with Gasteiger partial charge in [-0.25, -0.2) is 4.79 Å². The van der Waals surface area contributed by atoms with E-state index in [9.17, 15) is 27.6 Å². The van der Waals surface area contributed by atoms with Gasteiger partial charge in [0.1, 0.15) is 5.60 Å². The Balaban J connectivity index is 1.77. The molecule has 218 valence electrons. The number of pyridine rings is 1. The standard InChI is InChI=1S/C28H36F3N5O4/c1-19(37)35-13-11-21-20(17-35)8-6-10-23(21)33-16-25(38)36(15-14-34(5)26(39)40-27(2,3)4)18-24-22(28(29,30)31)9-7-12-32-24/h6-10,12,33H,11,13-18H2,1-5H3. The first-order valence-electron chi connectivity index (χ1n) is 13.0. The summed E-state index contributed by atoms with van der Waals surface area (Å²) in [6, 6.07) is 7.71. The molecule has 40 heavy (non-hydrogen) atoms. The summed E-state index contributed by atoms with van der Waals surface area (Å²) in [5.41, 5.74) is 0.759. The average Bonchev–Trinajstić information content (AvgIpc) is 2.87. The van der Waals surface area contributed by atoms with Crippen LogP contribution in [0.3, 0.4) is 0 Å². The average molecular weight is 564 g/mol. The van der Waals surface area contributed by atoms with Gasteiger partial charge in [0.15, 0.2) is 0 Å². The number of benzene rings is 1. The smallest absolute Gasteiger partial charge is 0.418 e. The number of hydrogen-bond donors (Lipinski definition) is 1. The molecule has 3 rings (SSSR count). The third-order valence-corrected chi connectivity index (χ3v) is 6.44. The minimum Gasteiger partial charge on any atom is -0.444 e. The lowest BCUT2D eigenvalue weighted by Gasteiger charge is -2.30. The van der Waals surface area contributed by atoms with E-state index in [2.05, 4.69) is 10.3 Å². The maximum Gasteiger partial charge on any atom is 0.418 e. The molecule has 0 saturated heterocycles. The lowest BCUT2D eigenvalue weighted by molar-refractivity contribution is -0.140. The zero-order valence-corrected chi connectivity index (χ0v) is 23.5. The van der Waals surface area contributed by atoms with Gasteiger partial charge in [-0.1, -0.05) is 12.1 Å². The molecular formula is C28H36F3N5O4. The Bertz CT molecular complexity index is 1230.